The number of rotatable bonds is 3. The maximum absolute atomic E-state index is 4.37. The molecular weight excluding hydrogens is 198 g/mol. The van der Waals surface area contributed by atoms with Gasteiger partial charge in [0.05, 0.1) is 0 Å². The highest BCUT2D eigenvalue weighted by Gasteiger charge is 2.35. The highest BCUT2D eigenvalue weighted by molar-refractivity contribution is 5.04. The number of pyridine rings is 1. The quantitative estimate of drug-likeness (QED) is 0.811. The highest BCUT2D eigenvalue weighted by atomic mass is 15.2. The van der Waals surface area contributed by atoms with Crippen LogP contribution in [-0.4, -0.2) is 42.6 Å². The van der Waals surface area contributed by atoms with Crippen LogP contribution < -0.4 is 5.32 Å². The lowest BCUT2D eigenvalue weighted by molar-refractivity contribution is 0.316. The van der Waals surface area contributed by atoms with Crippen LogP contribution in [-0.2, 0) is 6.42 Å². The second-order valence-corrected chi connectivity index (χ2v) is 5.01. The van der Waals surface area contributed by atoms with Crippen molar-refractivity contribution in [2.24, 2.45) is 11.8 Å². The summed E-state index contributed by atoms with van der Waals surface area (Å²) in [7, 11) is 0. The molecule has 1 aromatic heterocycles. The first-order valence-corrected chi connectivity index (χ1v) is 6.25. The van der Waals surface area contributed by atoms with Crippen molar-refractivity contribution in [2.45, 2.75) is 6.42 Å². The van der Waals surface area contributed by atoms with E-state index in [4.69, 9.17) is 0 Å². The molecule has 3 rings (SSSR count). The van der Waals surface area contributed by atoms with Crippen molar-refractivity contribution in [3.8, 4) is 0 Å². The molecule has 2 atom stereocenters. The minimum atomic E-state index is 0.906. The molecule has 2 fully saturated rings. The van der Waals surface area contributed by atoms with Crippen LogP contribution in [0.2, 0.25) is 0 Å². The van der Waals surface area contributed by atoms with Gasteiger partial charge in [0.1, 0.15) is 0 Å². The Balaban J connectivity index is 1.50. The summed E-state index contributed by atoms with van der Waals surface area (Å²) in [5, 5.41) is 3.48. The molecule has 2 aliphatic rings. The van der Waals surface area contributed by atoms with Gasteiger partial charge in [-0.15, -0.1) is 0 Å². The Hall–Kier alpha value is -0.930. The molecule has 0 aliphatic carbocycles. The van der Waals surface area contributed by atoms with Gasteiger partial charge < -0.3 is 10.2 Å². The molecule has 0 saturated carbocycles. The van der Waals surface area contributed by atoms with Crippen LogP contribution in [0.15, 0.2) is 24.4 Å². The Labute approximate surface area is 96.9 Å². The van der Waals surface area contributed by atoms with Crippen LogP contribution in [0.25, 0.3) is 0 Å². The first kappa shape index (κ1) is 10.2. The van der Waals surface area contributed by atoms with Crippen molar-refractivity contribution in [1.82, 2.24) is 15.2 Å². The van der Waals surface area contributed by atoms with Gasteiger partial charge in [-0.3, -0.25) is 4.98 Å². The topological polar surface area (TPSA) is 28.2 Å². The molecule has 1 aromatic rings. The van der Waals surface area contributed by atoms with Crippen LogP contribution in [0.1, 0.15) is 5.69 Å². The predicted octanol–water partition coefficient (Wildman–Crippen LogP) is 0.775. The van der Waals surface area contributed by atoms with E-state index in [2.05, 4.69) is 27.3 Å². The SMILES string of the molecule is c1ccc(CCN2CC3CNCC3C2)nc1. The first-order chi connectivity index (χ1) is 7.92. The average Bonchev–Trinajstić information content (AvgIpc) is 2.88. The summed E-state index contributed by atoms with van der Waals surface area (Å²) in [4.78, 5) is 6.97. The zero-order valence-corrected chi connectivity index (χ0v) is 9.60. The van der Waals surface area contributed by atoms with E-state index in [9.17, 15) is 0 Å². The van der Waals surface area contributed by atoms with Crippen molar-refractivity contribution < 1.29 is 0 Å². The summed E-state index contributed by atoms with van der Waals surface area (Å²) in [6.45, 7) is 6.19. The monoisotopic (exact) mass is 217 g/mol. The second-order valence-electron chi connectivity index (χ2n) is 5.01. The summed E-state index contributed by atoms with van der Waals surface area (Å²) in [6, 6.07) is 6.18. The standard InChI is InChI=1S/C13H19N3/c1-2-5-15-13(3-1)4-6-16-9-11-7-14-8-12(11)10-16/h1-3,5,11-12,14H,4,6-10H2. The van der Waals surface area contributed by atoms with Crippen LogP contribution in [0, 0.1) is 11.8 Å². The first-order valence-electron chi connectivity index (χ1n) is 6.25. The van der Waals surface area contributed by atoms with Crippen molar-refractivity contribution in [1.29, 1.82) is 0 Å². The molecule has 16 heavy (non-hydrogen) atoms. The fourth-order valence-corrected chi connectivity index (χ4v) is 2.95. The largest absolute Gasteiger partial charge is 0.316 e. The molecule has 3 heteroatoms. The Morgan fingerprint density at radius 2 is 2.06 bits per heavy atom. The highest BCUT2D eigenvalue weighted by Crippen LogP contribution is 2.25. The fourth-order valence-electron chi connectivity index (χ4n) is 2.95. The third kappa shape index (κ3) is 2.11. The lowest BCUT2D eigenvalue weighted by Gasteiger charge is -2.16. The third-order valence-electron chi connectivity index (χ3n) is 3.88. The minimum absolute atomic E-state index is 0.906. The number of likely N-dealkylation sites (tertiary alicyclic amines) is 1. The van der Waals surface area contributed by atoms with Crippen molar-refractivity contribution in [3.63, 3.8) is 0 Å². The van der Waals surface area contributed by atoms with Gasteiger partial charge in [0.25, 0.3) is 0 Å². The Morgan fingerprint density at radius 3 is 2.75 bits per heavy atom. The van der Waals surface area contributed by atoms with Crippen molar-refractivity contribution in [3.05, 3.63) is 30.1 Å². The maximum Gasteiger partial charge on any atom is 0.0416 e. The summed E-state index contributed by atoms with van der Waals surface area (Å²) in [5.74, 6) is 1.81. The summed E-state index contributed by atoms with van der Waals surface area (Å²) < 4.78 is 0. The number of nitrogens with one attached hydrogen (secondary N) is 1. The van der Waals surface area contributed by atoms with Gasteiger partial charge in [-0.2, -0.15) is 0 Å². The Kier molecular flexibility index (Phi) is 2.89. The number of aromatic nitrogens is 1. The third-order valence-corrected chi connectivity index (χ3v) is 3.88. The van der Waals surface area contributed by atoms with Gasteiger partial charge >= 0.3 is 0 Å². The lowest BCUT2D eigenvalue weighted by atomic mass is 10.0. The minimum Gasteiger partial charge on any atom is -0.316 e. The number of hydrogen-bond acceptors (Lipinski definition) is 3. The number of nitrogens with zero attached hydrogens (tertiary/aromatic N) is 2. The van der Waals surface area contributed by atoms with Gasteiger partial charge in [0.15, 0.2) is 0 Å². The van der Waals surface area contributed by atoms with Crippen molar-refractivity contribution >= 4 is 0 Å². The van der Waals surface area contributed by atoms with Crippen molar-refractivity contribution in [2.75, 3.05) is 32.7 Å². The molecule has 2 saturated heterocycles. The van der Waals surface area contributed by atoms with E-state index in [-0.39, 0.29) is 0 Å². The van der Waals surface area contributed by atoms with E-state index in [1.54, 1.807) is 0 Å². The second kappa shape index (κ2) is 4.52. The average molecular weight is 217 g/mol. The summed E-state index contributed by atoms with van der Waals surface area (Å²) in [6.07, 6.45) is 2.98. The smallest absolute Gasteiger partial charge is 0.0416 e. The zero-order valence-electron chi connectivity index (χ0n) is 9.60. The molecule has 0 bridgehead atoms. The van der Waals surface area contributed by atoms with Crippen LogP contribution in [0.4, 0.5) is 0 Å². The van der Waals surface area contributed by atoms with Crippen LogP contribution in [0.3, 0.4) is 0 Å². The van der Waals surface area contributed by atoms with Gasteiger partial charge in [-0.1, -0.05) is 6.07 Å². The normalized spacial score (nSPS) is 29.5. The molecule has 0 aromatic carbocycles. The number of fused-ring (bicyclic) bond motifs is 1. The van der Waals surface area contributed by atoms with E-state index in [0.717, 1.165) is 18.3 Å². The predicted molar refractivity (Wildman–Crippen MR) is 64.2 cm³/mol. The van der Waals surface area contributed by atoms with Gasteiger partial charge in [0, 0.05) is 37.9 Å². The molecule has 2 unspecified atom stereocenters. The molecule has 2 aliphatic heterocycles. The van der Waals surface area contributed by atoms with Crippen LogP contribution >= 0.6 is 0 Å². The van der Waals surface area contributed by atoms with Gasteiger partial charge in [-0.25, -0.2) is 0 Å². The fraction of sp³-hybridized carbons (Fsp3) is 0.615. The van der Waals surface area contributed by atoms with E-state index in [0.29, 0.717) is 0 Å². The Bertz CT molecular complexity index is 326. The van der Waals surface area contributed by atoms with Gasteiger partial charge in [-0.05, 0) is 37.1 Å². The molecule has 3 nitrogen and oxygen atoms in total. The molecule has 0 radical (unpaired) electrons. The van der Waals surface area contributed by atoms with E-state index in [1.807, 2.05) is 12.3 Å². The number of hydrogen-bond donors (Lipinski definition) is 1. The van der Waals surface area contributed by atoms with E-state index in [1.165, 1.54) is 38.4 Å². The molecule has 3 heterocycles. The van der Waals surface area contributed by atoms with Crippen LogP contribution in [0.5, 0.6) is 0 Å². The Morgan fingerprint density at radius 1 is 1.25 bits per heavy atom. The molecule has 0 spiro atoms. The zero-order chi connectivity index (χ0) is 10.8. The molecule has 86 valence electrons. The maximum atomic E-state index is 4.37. The summed E-state index contributed by atoms with van der Waals surface area (Å²) >= 11 is 0. The van der Waals surface area contributed by atoms with Gasteiger partial charge in [0.2, 0.25) is 0 Å². The van der Waals surface area contributed by atoms with E-state index < -0.39 is 0 Å². The molecule has 0 amide bonds. The lowest BCUT2D eigenvalue weighted by Crippen LogP contribution is -2.27. The summed E-state index contributed by atoms with van der Waals surface area (Å²) in [5.41, 5.74) is 1.22. The molecule has 1 N–H and O–H groups in total. The van der Waals surface area contributed by atoms with E-state index >= 15 is 0 Å². The molecular formula is C13H19N3.